The second-order valence-corrected chi connectivity index (χ2v) is 4.79. The van der Waals surface area contributed by atoms with E-state index in [0.29, 0.717) is 5.92 Å². The van der Waals surface area contributed by atoms with Crippen molar-refractivity contribution in [2.24, 2.45) is 5.92 Å². The molecular formula is C12H14BrNO. The molecule has 1 aromatic rings. The summed E-state index contributed by atoms with van der Waals surface area (Å²) in [7, 11) is 0. The van der Waals surface area contributed by atoms with Gasteiger partial charge in [0.15, 0.2) is 0 Å². The minimum absolute atomic E-state index is 0.0237. The van der Waals surface area contributed by atoms with E-state index in [0.717, 1.165) is 35.8 Å². The summed E-state index contributed by atoms with van der Waals surface area (Å²) in [6.45, 7) is 1.98. The van der Waals surface area contributed by atoms with Crippen molar-refractivity contribution in [1.82, 2.24) is 5.32 Å². The first-order chi connectivity index (χ1) is 7.33. The van der Waals surface area contributed by atoms with Crippen LogP contribution in [0.3, 0.4) is 0 Å². The molecular weight excluding hydrogens is 254 g/mol. The van der Waals surface area contributed by atoms with Crippen LogP contribution in [0, 0.1) is 5.92 Å². The first-order valence-electron chi connectivity index (χ1n) is 5.23. The third kappa shape index (κ3) is 2.29. The molecule has 1 N–H and O–H groups in total. The lowest BCUT2D eigenvalue weighted by atomic mass is 9.87. The number of carbonyl (C=O) groups excluding carboxylic acids is 1. The highest BCUT2D eigenvalue weighted by Crippen LogP contribution is 2.31. The maximum Gasteiger partial charge on any atom is 0.127 e. The predicted octanol–water partition coefficient (Wildman–Crippen LogP) is 2.34. The lowest BCUT2D eigenvalue weighted by Crippen LogP contribution is -2.17. The number of rotatable bonds is 3. The third-order valence-corrected chi connectivity index (χ3v) is 3.74. The SMILES string of the molecule is O=CC(c1ccccc1Br)C1CCNC1. The Hall–Kier alpha value is -0.670. The summed E-state index contributed by atoms with van der Waals surface area (Å²) in [5, 5.41) is 3.30. The second-order valence-electron chi connectivity index (χ2n) is 3.94. The van der Waals surface area contributed by atoms with Crippen LogP contribution in [0.2, 0.25) is 0 Å². The Morgan fingerprint density at radius 3 is 2.87 bits per heavy atom. The molecule has 1 saturated heterocycles. The largest absolute Gasteiger partial charge is 0.316 e. The van der Waals surface area contributed by atoms with Crippen LogP contribution < -0.4 is 5.32 Å². The minimum Gasteiger partial charge on any atom is -0.316 e. The third-order valence-electron chi connectivity index (χ3n) is 3.02. The summed E-state index contributed by atoms with van der Waals surface area (Å²) in [6.07, 6.45) is 2.17. The quantitative estimate of drug-likeness (QED) is 0.852. The van der Waals surface area contributed by atoms with Crippen molar-refractivity contribution in [3.05, 3.63) is 34.3 Å². The van der Waals surface area contributed by atoms with Crippen LogP contribution in [-0.4, -0.2) is 19.4 Å². The van der Waals surface area contributed by atoms with Crippen molar-refractivity contribution in [1.29, 1.82) is 0 Å². The van der Waals surface area contributed by atoms with Crippen LogP contribution >= 0.6 is 15.9 Å². The number of hydrogen-bond donors (Lipinski definition) is 1. The van der Waals surface area contributed by atoms with Gasteiger partial charge < -0.3 is 10.1 Å². The van der Waals surface area contributed by atoms with Gasteiger partial charge in [-0.05, 0) is 37.1 Å². The lowest BCUT2D eigenvalue weighted by Gasteiger charge is -2.18. The van der Waals surface area contributed by atoms with Gasteiger partial charge in [0.2, 0.25) is 0 Å². The van der Waals surface area contributed by atoms with Gasteiger partial charge in [-0.1, -0.05) is 34.1 Å². The molecule has 0 amide bonds. The summed E-state index contributed by atoms with van der Waals surface area (Å²) < 4.78 is 1.04. The Morgan fingerprint density at radius 2 is 2.27 bits per heavy atom. The van der Waals surface area contributed by atoms with E-state index in [1.54, 1.807) is 0 Å². The van der Waals surface area contributed by atoms with Gasteiger partial charge in [0.25, 0.3) is 0 Å². The van der Waals surface area contributed by atoms with Gasteiger partial charge in [0.05, 0.1) is 0 Å². The zero-order valence-electron chi connectivity index (χ0n) is 8.45. The summed E-state index contributed by atoms with van der Waals surface area (Å²) in [4.78, 5) is 11.2. The molecule has 1 heterocycles. The number of nitrogens with one attached hydrogen (secondary N) is 1. The first kappa shape index (κ1) is 10.8. The van der Waals surface area contributed by atoms with E-state index in [-0.39, 0.29) is 5.92 Å². The molecule has 0 aliphatic carbocycles. The molecule has 2 nitrogen and oxygen atoms in total. The number of benzene rings is 1. The Kier molecular flexibility index (Phi) is 3.54. The summed E-state index contributed by atoms with van der Waals surface area (Å²) in [6, 6.07) is 7.98. The molecule has 3 heteroatoms. The van der Waals surface area contributed by atoms with Gasteiger partial charge in [-0.25, -0.2) is 0 Å². The van der Waals surface area contributed by atoms with Gasteiger partial charge in [-0.3, -0.25) is 0 Å². The van der Waals surface area contributed by atoms with E-state index >= 15 is 0 Å². The maximum absolute atomic E-state index is 11.2. The second kappa shape index (κ2) is 4.90. The van der Waals surface area contributed by atoms with Crippen molar-refractivity contribution < 1.29 is 4.79 Å². The number of hydrogen-bond acceptors (Lipinski definition) is 2. The van der Waals surface area contributed by atoms with Crippen molar-refractivity contribution in [2.45, 2.75) is 12.3 Å². The molecule has 15 heavy (non-hydrogen) atoms. The van der Waals surface area contributed by atoms with Crippen LogP contribution in [0.5, 0.6) is 0 Å². The van der Waals surface area contributed by atoms with Gasteiger partial charge in [-0.2, -0.15) is 0 Å². The van der Waals surface area contributed by atoms with Crippen LogP contribution in [0.1, 0.15) is 17.9 Å². The molecule has 1 aromatic carbocycles. The standard InChI is InChI=1S/C12H14BrNO/c13-12-4-2-1-3-10(12)11(8-15)9-5-6-14-7-9/h1-4,8-9,11,14H,5-7H2. The fourth-order valence-corrected chi connectivity index (χ4v) is 2.72. The molecule has 1 fully saturated rings. The number of aldehydes is 1. The molecule has 0 aromatic heterocycles. The molecule has 0 saturated carbocycles. The molecule has 80 valence electrons. The fraction of sp³-hybridized carbons (Fsp3) is 0.417. The van der Waals surface area contributed by atoms with Crippen LogP contribution in [0.15, 0.2) is 28.7 Å². The van der Waals surface area contributed by atoms with E-state index in [4.69, 9.17) is 0 Å². The molecule has 2 atom stereocenters. The normalized spacial score (nSPS) is 22.6. The number of carbonyl (C=O) groups is 1. The van der Waals surface area contributed by atoms with Crippen LogP contribution in [-0.2, 0) is 4.79 Å². The fourth-order valence-electron chi connectivity index (χ4n) is 2.17. The molecule has 0 bridgehead atoms. The summed E-state index contributed by atoms with van der Waals surface area (Å²) in [5.41, 5.74) is 1.11. The minimum atomic E-state index is 0.0237. The monoisotopic (exact) mass is 267 g/mol. The highest BCUT2D eigenvalue weighted by atomic mass is 79.9. The molecule has 0 spiro atoms. The van der Waals surface area contributed by atoms with Gasteiger partial charge in [0.1, 0.15) is 6.29 Å². The number of halogens is 1. The average Bonchev–Trinajstić information content (AvgIpc) is 2.75. The Labute approximate surface area is 98.2 Å². The Morgan fingerprint density at radius 1 is 1.47 bits per heavy atom. The predicted molar refractivity (Wildman–Crippen MR) is 63.9 cm³/mol. The highest BCUT2D eigenvalue weighted by Gasteiger charge is 2.26. The van der Waals surface area contributed by atoms with Gasteiger partial charge in [-0.15, -0.1) is 0 Å². The smallest absolute Gasteiger partial charge is 0.127 e. The average molecular weight is 268 g/mol. The zero-order chi connectivity index (χ0) is 10.7. The van der Waals surface area contributed by atoms with Crippen molar-refractivity contribution in [2.75, 3.05) is 13.1 Å². The molecule has 0 radical (unpaired) electrons. The van der Waals surface area contributed by atoms with Crippen LogP contribution in [0.4, 0.5) is 0 Å². The Balaban J connectivity index is 2.26. The molecule has 2 unspecified atom stereocenters. The van der Waals surface area contributed by atoms with Crippen molar-refractivity contribution in [3.8, 4) is 0 Å². The van der Waals surface area contributed by atoms with E-state index < -0.39 is 0 Å². The van der Waals surface area contributed by atoms with E-state index in [1.807, 2.05) is 24.3 Å². The molecule has 1 aliphatic heterocycles. The van der Waals surface area contributed by atoms with Gasteiger partial charge >= 0.3 is 0 Å². The Bertz CT molecular complexity index is 347. The molecule has 1 aliphatic rings. The first-order valence-corrected chi connectivity index (χ1v) is 6.02. The maximum atomic E-state index is 11.2. The van der Waals surface area contributed by atoms with Crippen molar-refractivity contribution in [3.63, 3.8) is 0 Å². The van der Waals surface area contributed by atoms with E-state index in [9.17, 15) is 4.79 Å². The topological polar surface area (TPSA) is 29.1 Å². The van der Waals surface area contributed by atoms with Gasteiger partial charge in [0, 0.05) is 10.4 Å². The van der Waals surface area contributed by atoms with E-state index in [2.05, 4.69) is 21.2 Å². The lowest BCUT2D eigenvalue weighted by molar-refractivity contribution is -0.110. The zero-order valence-corrected chi connectivity index (χ0v) is 10.0. The summed E-state index contributed by atoms with van der Waals surface area (Å²) in [5.74, 6) is 0.469. The molecule has 2 rings (SSSR count). The van der Waals surface area contributed by atoms with Crippen LogP contribution in [0.25, 0.3) is 0 Å². The summed E-state index contributed by atoms with van der Waals surface area (Å²) >= 11 is 3.51. The highest BCUT2D eigenvalue weighted by molar-refractivity contribution is 9.10. The van der Waals surface area contributed by atoms with Crippen molar-refractivity contribution >= 4 is 22.2 Å². The van der Waals surface area contributed by atoms with E-state index in [1.165, 1.54) is 0 Å².